The topological polar surface area (TPSA) is 93.1 Å². The van der Waals surface area contributed by atoms with Crippen molar-refractivity contribution in [1.29, 1.82) is 0 Å². The number of carbonyl (C=O) groups is 2. The van der Waals surface area contributed by atoms with E-state index < -0.39 is 30.4 Å². The molecule has 1 aliphatic heterocycles. The minimum atomic E-state index is -0.883. The van der Waals surface area contributed by atoms with Gasteiger partial charge in [-0.3, -0.25) is 9.59 Å². The van der Waals surface area contributed by atoms with Gasteiger partial charge in [0.2, 0.25) is 0 Å². The van der Waals surface area contributed by atoms with Crippen LogP contribution in [-0.4, -0.2) is 46.4 Å². The summed E-state index contributed by atoms with van der Waals surface area (Å²) in [6.45, 7) is 3.41. The summed E-state index contributed by atoms with van der Waals surface area (Å²) in [6.07, 6.45) is 2.60. The van der Waals surface area contributed by atoms with Crippen LogP contribution in [0.25, 0.3) is 0 Å². The number of rotatable bonds is 7. The van der Waals surface area contributed by atoms with Crippen LogP contribution in [0.4, 0.5) is 0 Å². The maximum atomic E-state index is 12.2. The highest BCUT2D eigenvalue weighted by Gasteiger charge is 2.43. The molecule has 2 N–H and O–H groups in total. The van der Waals surface area contributed by atoms with E-state index in [1.54, 1.807) is 0 Å². The zero-order valence-electron chi connectivity index (χ0n) is 14.5. The van der Waals surface area contributed by atoms with Gasteiger partial charge in [-0.05, 0) is 12.8 Å². The lowest BCUT2D eigenvalue weighted by molar-refractivity contribution is -0.151. The average Bonchev–Trinajstić information content (AvgIpc) is 2.54. The van der Waals surface area contributed by atoms with Gasteiger partial charge in [0, 0.05) is 19.8 Å². The molecule has 6 heteroatoms. The van der Waals surface area contributed by atoms with Crippen LogP contribution in [0.2, 0.25) is 0 Å². The van der Waals surface area contributed by atoms with Gasteiger partial charge < -0.3 is 19.7 Å². The third kappa shape index (κ3) is 4.57. The summed E-state index contributed by atoms with van der Waals surface area (Å²) in [7, 11) is 0. The zero-order chi connectivity index (χ0) is 17.7. The summed E-state index contributed by atoms with van der Waals surface area (Å²) >= 11 is 0. The number of aliphatic hydroxyl groups excluding tert-OH is 2. The lowest BCUT2D eigenvalue weighted by Crippen LogP contribution is -2.44. The van der Waals surface area contributed by atoms with Crippen LogP contribution < -0.4 is 0 Å². The lowest BCUT2D eigenvalue weighted by atomic mass is 9.85. The molecule has 0 aromatic rings. The summed E-state index contributed by atoms with van der Waals surface area (Å²) < 4.78 is 11.1. The molecular formula is C18H28O6. The van der Waals surface area contributed by atoms with Crippen molar-refractivity contribution >= 4 is 11.8 Å². The monoisotopic (exact) mass is 340 g/mol. The first kappa shape index (κ1) is 18.9. The molecule has 4 atom stereocenters. The summed E-state index contributed by atoms with van der Waals surface area (Å²) in [4.78, 5) is 23.6. The van der Waals surface area contributed by atoms with Crippen molar-refractivity contribution in [1.82, 2.24) is 0 Å². The van der Waals surface area contributed by atoms with Crippen molar-refractivity contribution in [2.75, 3.05) is 0 Å². The van der Waals surface area contributed by atoms with E-state index in [0.717, 1.165) is 25.7 Å². The predicted octanol–water partition coefficient (Wildman–Crippen LogP) is 2.02. The number of aliphatic hydroxyl groups is 2. The zero-order valence-corrected chi connectivity index (χ0v) is 14.5. The highest BCUT2D eigenvalue weighted by Crippen LogP contribution is 2.36. The molecule has 0 spiro atoms. The van der Waals surface area contributed by atoms with Crippen molar-refractivity contribution < 1.29 is 29.3 Å². The van der Waals surface area contributed by atoms with Crippen LogP contribution in [0.15, 0.2) is 11.3 Å². The van der Waals surface area contributed by atoms with E-state index in [1.807, 2.05) is 0 Å². The molecule has 1 heterocycles. The minimum absolute atomic E-state index is 0.155. The normalized spacial score (nSPS) is 28.2. The van der Waals surface area contributed by atoms with E-state index in [4.69, 9.17) is 9.47 Å². The second kappa shape index (κ2) is 8.62. The molecule has 0 unspecified atom stereocenters. The number of esters is 1. The summed E-state index contributed by atoms with van der Waals surface area (Å²) in [5.41, 5.74) is 0.262. The van der Waals surface area contributed by atoms with Crippen molar-refractivity contribution in [3.05, 3.63) is 11.3 Å². The van der Waals surface area contributed by atoms with Gasteiger partial charge in [0.15, 0.2) is 5.78 Å². The predicted molar refractivity (Wildman–Crippen MR) is 87.1 cm³/mol. The SMILES string of the molecule is CCCCCC[C@H](O)[C@@H]1C[C@@H](OC(C)=O)C2=C(O1)[C@H](O)CCC2=O. The van der Waals surface area contributed by atoms with Crippen LogP contribution in [0, 0.1) is 0 Å². The van der Waals surface area contributed by atoms with E-state index >= 15 is 0 Å². The number of hydrogen-bond acceptors (Lipinski definition) is 6. The average molecular weight is 340 g/mol. The maximum absolute atomic E-state index is 12.2. The van der Waals surface area contributed by atoms with Crippen molar-refractivity contribution in [3.8, 4) is 0 Å². The number of hydrogen-bond donors (Lipinski definition) is 2. The Morgan fingerprint density at radius 3 is 2.79 bits per heavy atom. The summed E-state index contributed by atoms with van der Waals surface area (Å²) in [5.74, 6) is -0.461. The Bertz CT molecular complexity index is 498. The fraction of sp³-hybridized carbons (Fsp3) is 0.778. The van der Waals surface area contributed by atoms with Crippen LogP contribution in [0.5, 0.6) is 0 Å². The Labute approximate surface area is 142 Å². The molecule has 0 saturated heterocycles. The number of ketones is 1. The molecule has 2 rings (SSSR count). The quantitative estimate of drug-likeness (QED) is 0.544. The van der Waals surface area contributed by atoms with E-state index in [2.05, 4.69) is 6.92 Å². The Morgan fingerprint density at radius 2 is 2.12 bits per heavy atom. The first-order valence-corrected chi connectivity index (χ1v) is 8.91. The third-order valence-corrected chi connectivity index (χ3v) is 4.65. The number of ether oxygens (including phenoxy) is 2. The van der Waals surface area contributed by atoms with Gasteiger partial charge in [0.05, 0.1) is 11.7 Å². The van der Waals surface area contributed by atoms with Gasteiger partial charge in [-0.25, -0.2) is 0 Å². The first-order chi connectivity index (χ1) is 11.4. The smallest absolute Gasteiger partial charge is 0.303 e. The molecule has 2 aliphatic rings. The molecule has 0 aromatic heterocycles. The van der Waals surface area contributed by atoms with Crippen molar-refractivity contribution in [3.63, 3.8) is 0 Å². The molecular weight excluding hydrogens is 312 g/mol. The molecule has 6 nitrogen and oxygen atoms in total. The van der Waals surface area contributed by atoms with Gasteiger partial charge >= 0.3 is 5.97 Å². The summed E-state index contributed by atoms with van der Waals surface area (Å²) in [6, 6.07) is 0. The molecule has 136 valence electrons. The van der Waals surface area contributed by atoms with Crippen molar-refractivity contribution in [2.24, 2.45) is 0 Å². The molecule has 1 aliphatic carbocycles. The number of Topliss-reactive ketones (excluding diaryl/α,β-unsaturated/α-hetero) is 1. The van der Waals surface area contributed by atoms with E-state index in [-0.39, 0.29) is 30.0 Å². The fourth-order valence-corrected chi connectivity index (χ4v) is 3.38. The second-order valence-electron chi connectivity index (χ2n) is 6.66. The Hall–Kier alpha value is -1.40. The number of unbranched alkanes of at least 4 members (excludes halogenated alkanes) is 3. The van der Waals surface area contributed by atoms with Crippen LogP contribution >= 0.6 is 0 Å². The first-order valence-electron chi connectivity index (χ1n) is 8.91. The highest BCUT2D eigenvalue weighted by atomic mass is 16.6. The molecule has 0 saturated carbocycles. The molecule has 0 bridgehead atoms. The van der Waals surface area contributed by atoms with Gasteiger partial charge in [-0.2, -0.15) is 0 Å². The number of carbonyl (C=O) groups excluding carboxylic acids is 2. The minimum Gasteiger partial charge on any atom is -0.489 e. The molecule has 24 heavy (non-hydrogen) atoms. The lowest BCUT2D eigenvalue weighted by Gasteiger charge is -2.38. The van der Waals surface area contributed by atoms with Gasteiger partial charge in [0.1, 0.15) is 24.1 Å². The van der Waals surface area contributed by atoms with E-state index in [1.165, 1.54) is 6.92 Å². The second-order valence-corrected chi connectivity index (χ2v) is 6.66. The molecule has 0 radical (unpaired) electrons. The van der Waals surface area contributed by atoms with E-state index in [9.17, 15) is 19.8 Å². The van der Waals surface area contributed by atoms with Gasteiger partial charge in [0.25, 0.3) is 0 Å². The van der Waals surface area contributed by atoms with Crippen molar-refractivity contribution in [2.45, 2.75) is 89.6 Å². The van der Waals surface area contributed by atoms with Crippen LogP contribution in [0.3, 0.4) is 0 Å². The Balaban J connectivity index is 2.11. The largest absolute Gasteiger partial charge is 0.489 e. The van der Waals surface area contributed by atoms with Gasteiger partial charge in [-0.15, -0.1) is 0 Å². The molecule has 0 amide bonds. The van der Waals surface area contributed by atoms with Crippen LogP contribution in [0.1, 0.15) is 65.2 Å². The molecule has 0 fully saturated rings. The third-order valence-electron chi connectivity index (χ3n) is 4.65. The summed E-state index contributed by atoms with van der Waals surface area (Å²) in [5, 5.41) is 20.6. The standard InChI is InChI=1S/C18H28O6/c1-3-4-5-6-7-12(20)15-10-16(23-11(2)19)17-13(21)8-9-14(22)18(17)24-15/h12,14-16,20,22H,3-10H2,1-2H3/t12-,14+,15-,16+/m0/s1. The Morgan fingerprint density at radius 1 is 1.38 bits per heavy atom. The van der Waals surface area contributed by atoms with Crippen LogP contribution in [-0.2, 0) is 19.1 Å². The Kier molecular flexibility index (Phi) is 6.80. The van der Waals surface area contributed by atoms with E-state index in [0.29, 0.717) is 12.8 Å². The maximum Gasteiger partial charge on any atom is 0.303 e. The van der Waals surface area contributed by atoms with Gasteiger partial charge in [-0.1, -0.05) is 32.6 Å². The highest BCUT2D eigenvalue weighted by molar-refractivity contribution is 5.98. The molecule has 0 aromatic carbocycles. The fourth-order valence-electron chi connectivity index (χ4n) is 3.38.